The van der Waals surface area contributed by atoms with Gasteiger partial charge < -0.3 is 4.74 Å². The van der Waals surface area contributed by atoms with E-state index in [0.717, 1.165) is 10.9 Å². The Balaban J connectivity index is 2.11. The van der Waals surface area contributed by atoms with Crippen molar-refractivity contribution < 1.29 is 4.74 Å². The number of para-hydroxylation sites is 1. The molecule has 0 atom stereocenters. The molecule has 6 heteroatoms. The number of aromatic amines is 1. The summed E-state index contributed by atoms with van der Waals surface area (Å²) in [4.78, 5) is 24.1. The van der Waals surface area contributed by atoms with Crippen LogP contribution >= 0.6 is 0 Å². The van der Waals surface area contributed by atoms with Crippen LogP contribution in [0.25, 0.3) is 0 Å². The highest BCUT2D eigenvalue weighted by atomic mass is 16.5. The maximum atomic E-state index is 11.2. The molecule has 16 heavy (non-hydrogen) atoms. The average molecular weight is 219 g/mol. The third-order valence-corrected chi connectivity index (χ3v) is 1.88. The molecule has 0 spiro atoms. The van der Waals surface area contributed by atoms with Gasteiger partial charge in [0.1, 0.15) is 11.9 Å². The Morgan fingerprint density at radius 1 is 1.25 bits per heavy atom. The Kier molecular flexibility index (Phi) is 2.81. The van der Waals surface area contributed by atoms with Gasteiger partial charge in [-0.25, -0.2) is 4.79 Å². The lowest BCUT2D eigenvalue weighted by atomic mass is 10.3. The minimum Gasteiger partial charge on any atom is -0.471 e. The minimum absolute atomic E-state index is 0.0420. The second-order valence-electron chi connectivity index (χ2n) is 3.02. The molecule has 0 amide bonds. The molecule has 0 aliphatic heterocycles. The second kappa shape index (κ2) is 4.43. The van der Waals surface area contributed by atoms with Crippen molar-refractivity contribution in [2.45, 2.75) is 6.73 Å². The number of rotatable bonds is 3. The van der Waals surface area contributed by atoms with Crippen LogP contribution in [0.15, 0.2) is 46.1 Å². The van der Waals surface area contributed by atoms with Crippen LogP contribution < -0.4 is 16.0 Å². The van der Waals surface area contributed by atoms with Gasteiger partial charge in [0.25, 0.3) is 5.56 Å². The molecule has 1 N–H and O–H groups in total. The lowest BCUT2D eigenvalue weighted by Gasteiger charge is -2.05. The van der Waals surface area contributed by atoms with E-state index in [1.807, 2.05) is 18.2 Å². The van der Waals surface area contributed by atoms with Gasteiger partial charge in [-0.15, -0.1) is 0 Å². The van der Waals surface area contributed by atoms with Gasteiger partial charge in [-0.3, -0.25) is 9.78 Å². The summed E-state index contributed by atoms with van der Waals surface area (Å²) in [6, 6.07) is 9.02. The topological polar surface area (TPSA) is 77.0 Å². The van der Waals surface area contributed by atoms with Gasteiger partial charge in [0, 0.05) is 0 Å². The summed E-state index contributed by atoms with van der Waals surface area (Å²) in [6.07, 6.45) is 1.02. The fraction of sp³-hybridized carbons (Fsp3) is 0.100. The predicted molar refractivity (Wildman–Crippen MR) is 56.2 cm³/mol. The van der Waals surface area contributed by atoms with E-state index in [4.69, 9.17) is 4.74 Å². The molecular weight excluding hydrogens is 210 g/mol. The zero-order valence-electron chi connectivity index (χ0n) is 8.29. The highest BCUT2D eigenvalue weighted by Gasteiger charge is 1.98. The van der Waals surface area contributed by atoms with Gasteiger partial charge in [-0.1, -0.05) is 18.2 Å². The summed E-state index contributed by atoms with van der Waals surface area (Å²) in [5.74, 6) is 0.627. The number of H-pyrrole nitrogens is 1. The molecule has 0 saturated carbocycles. The van der Waals surface area contributed by atoms with Crippen LogP contribution in [0.3, 0.4) is 0 Å². The second-order valence-corrected chi connectivity index (χ2v) is 3.02. The highest BCUT2D eigenvalue weighted by Crippen LogP contribution is 2.07. The standard InChI is InChI=1S/C10H9N3O3/c14-9-6-11-13(10(15)12-9)7-16-8-4-2-1-3-5-8/h1-6H,7H2,(H,12,14,15). The van der Waals surface area contributed by atoms with E-state index in [0.29, 0.717) is 5.75 Å². The summed E-state index contributed by atoms with van der Waals surface area (Å²) in [7, 11) is 0. The van der Waals surface area contributed by atoms with Crippen molar-refractivity contribution >= 4 is 0 Å². The molecule has 0 unspecified atom stereocenters. The molecule has 6 nitrogen and oxygen atoms in total. The molecule has 0 aliphatic carbocycles. The van der Waals surface area contributed by atoms with E-state index in [2.05, 4.69) is 10.1 Å². The minimum atomic E-state index is -0.594. The van der Waals surface area contributed by atoms with Crippen LogP contribution in [0.4, 0.5) is 0 Å². The van der Waals surface area contributed by atoms with Crippen LogP contribution in [0.2, 0.25) is 0 Å². The quantitative estimate of drug-likeness (QED) is 0.786. The van der Waals surface area contributed by atoms with Crippen LogP contribution in [0, 0.1) is 0 Å². The molecule has 0 aliphatic rings. The molecule has 82 valence electrons. The summed E-state index contributed by atoms with van der Waals surface area (Å²) in [5, 5.41) is 3.63. The van der Waals surface area contributed by atoms with Crippen molar-refractivity contribution in [3.8, 4) is 5.75 Å². The maximum absolute atomic E-state index is 11.2. The summed E-state index contributed by atoms with van der Waals surface area (Å²) >= 11 is 0. The van der Waals surface area contributed by atoms with E-state index in [1.54, 1.807) is 12.1 Å². The number of nitrogens with zero attached hydrogens (tertiary/aromatic N) is 2. The van der Waals surface area contributed by atoms with Crippen molar-refractivity contribution in [2.24, 2.45) is 0 Å². The SMILES string of the molecule is O=c1cnn(COc2ccccc2)c(=O)[nH]1. The lowest BCUT2D eigenvalue weighted by molar-refractivity contribution is 0.211. The fourth-order valence-corrected chi connectivity index (χ4v) is 1.12. The van der Waals surface area contributed by atoms with Crippen LogP contribution in [-0.4, -0.2) is 14.8 Å². The third-order valence-electron chi connectivity index (χ3n) is 1.88. The molecule has 1 aromatic carbocycles. The Bertz CT molecular complexity index is 574. The summed E-state index contributed by atoms with van der Waals surface area (Å²) < 4.78 is 6.31. The number of hydrogen-bond donors (Lipinski definition) is 1. The zero-order chi connectivity index (χ0) is 11.4. The van der Waals surface area contributed by atoms with Crippen molar-refractivity contribution in [3.63, 3.8) is 0 Å². The van der Waals surface area contributed by atoms with Crippen LogP contribution in [0.5, 0.6) is 5.75 Å². The number of hydrogen-bond acceptors (Lipinski definition) is 4. The number of nitrogens with one attached hydrogen (secondary N) is 1. The van der Waals surface area contributed by atoms with Gasteiger partial charge in [-0.05, 0) is 12.1 Å². The number of aromatic nitrogens is 3. The molecule has 0 bridgehead atoms. The summed E-state index contributed by atoms with van der Waals surface area (Å²) in [5.41, 5.74) is -1.12. The predicted octanol–water partition coefficient (Wildman–Crippen LogP) is -0.0319. The first-order valence-electron chi connectivity index (χ1n) is 4.60. The zero-order valence-corrected chi connectivity index (χ0v) is 8.29. The first-order chi connectivity index (χ1) is 7.75. The molecule has 0 fully saturated rings. The van der Waals surface area contributed by atoms with Crippen LogP contribution in [0.1, 0.15) is 0 Å². The molecule has 0 saturated heterocycles. The van der Waals surface area contributed by atoms with E-state index in [-0.39, 0.29) is 6.73 Å². The van der Waals surface area contributed by atoms with Crippen molar-refractivity contribution in [1.82, 2.24) is 14.8 Å². The van der Waals surface area contributed by atoms with E-state index < -0.39 is 11.2 Å². The number of ether oxygens (including phenoxy) is 1. The van der Waals surface area contributed by atoms with Crippen molar-refractivity contribution in [1.29, 1.82) is 0 Å². The Morgan fingerprint density at radius 3 is 2.69 bits per heavy atom. The average Bonchev–Trinajstić information content (AvgIpc) is 2.29. The Labute approximate surface area is 90.1 Å². The van der Waals surface area contributed by atoms with Crippen LogP contribution in [-0.2, 0) is 6.73 Å². The Morgan fingerprint density at radius 2 is 2.00 bits per heavy atom. The largest absolute Gasteiger partial charge is 0.471 e. The van der Waals surface area contributed by atoms with Gasteiger partial charge in [-0.2, -0.15) is 9.78 Å². The van der Waals surface area contributed by atoms with Gasteiger partial charge in [0.2, 0.25) is 0 Å². The van der Waals surface area contributed by atoms with E-state index in [9.17, 15) is 9.59 Å². The maximum Gasteiger partial charge on any atom is 0.347 e. The van der Waals surface area contributed by atoms with Gasteiger partial charge >= 0.3 is 5.69 Å². The molecule has 2 aromatic rings. The highest BCUT2D eigenvalue weighted by molar-refractivity contribution is 5.20. The molecule has 2 rings (SSSR count). The van der Waals surface area contributed by atoms with Crippen molar-refractivity contribution in [3.05, 3.63) is 57.4 Å². The Hall–Kier alpha value is -2.37. The smallest absolute Gasteiger partial charge is 0.347 e. The lowest BCUT2D eigenvalue weighted by Crippen LogP contribution is -2.32. The van der Waals surface area contributed by atoms with E-state index >= 15 is 0 Å². The van der Waals surface area contributed by atoms with Gasteiger partial charge in [0.05, 0.1) is 0 Å². The van der Waals surface area contributed by atoms with E-state index in [1.165, 1.54) is 0 Å². The monoisotopic (exact) mass is 219 g/mol. The van der Waals surface area contributed by atoms with Gasteiger partial charge in [0.15, 0.2) is 6.73 Å². The molecule has 1 heterocycles. The first-order valence-corrected chi connectivity index (χ1v) is 4.60. The fourth-order valence-electron chi connectivity index (χ4n) is 1.12. The van der Waals surface area contributed by atoms with Crippen molar-refractivity contribution in [2.75, 3.05) is 0 Å². The third kappa shape index (κ3) is 2.35. The number of benzene rings is 1. The summed E-state index contributed by atoms with van der Waals surface area (Å²) in [6.45, 7) is -0.0420. The first kappa shape index (κ1) is 10.2. The molecule has 1 aromatic heterocycles. The molecular formula is C10H9N3O3. The molecule has 0 radical (unpaired) electrons. The normalized spacial score (nSPS) is 10.0.